The molecule has 1 aliphatic heterocycles. The summed E-state index contributed by atoms with van der Waals surface area (Å²) in [6.45, 7) is 2.91. The molecule has 1 aliphatic rings. The number of hydrogen-bond donors (Lipinski definition) is 4. The van der Waals surface area contributed by atoms with E-state index in [-0.39, 0.29) is 27.7 Å². The van der Waals surface area contributed by atoms with Gasteiger partial charge in [-0.3, -0.25) is 14.8 Å². The van der Waals surface area contributed by atoms with E-state index in [0.29, 0.717) is 5.56 Å². The second kappa shape index (κ2) is 12.0. The summed E-state index contributed by atoms with van der Waals surface area (Å²) in [5, 5.41) is 12.5. The molecule has 5 N–H and O–H groups in total. The van der Waals surface area contributed by atoms with Crippen molar-refractivity contribution < 1.29 is 18.0 Å². The van der Waals surface area contributed by atoms with E-state index < -0.39 is 40.2 Å². The molecule has 0 aliphatic carbocycles. The number of hydrogen-bond acceptors (Lipinski definition) is 8. The number of carbonyl (C=O) groups is 1. The van der Waals surface area contributed by atoms with Crippen molar-refractivity contribution in [2.24, 2.45) is 0 Å². The number of aromatic amines is 2. The highest BCUT2D eigenvalue weighted by atomic mass is 19.4. The number of nitrogens with two attached hydrogens (primary N) is 1. The van der Waals surface area contributed by atoms with Crippen LogP contribution >= 0.6 is 0 Å². The van der Waals surface area contributed by atoms with Crippen LogP contribution in [0.5, 0.6) is 0 Å². The number of carbonyl (C=O) groups excluding carboxylic acids is 1. The van der Waals surface area contributed by atoms with Gasteiger partial charge in [-0.25, -0.2) is 14.3 Å². The number of benzene rings is 3. The highest BCUT2D eigenvalue weighted by Crippen LogP contribution is 2.33. The number of alkyl halides is 3. The number of likely N-dealkylation sites (tertiary alicyclic amines) is 1. The van der Waals surface area contributed by atoms with E-state index in [1.54, 1.807) is 30.3 Å². The van der Waals surface area contributed by atoms with Crippen LogP contribution in [0.1, 0.15) is 24.1 Å². The third-order valence-corrected chi connectivity index (χ3v) is 8.12. The Balaban J connectivity index is 1.23. The number of amides is 1. The lowest BCUT2D eigenvalue weighted by atomic mass is 9.99. The zero-order valence-electron chi connectivity index (χ0n) is 25.1. The Morgan fingerprint density at radius 3 is 2.42 bits per heavy atom. The molecule has 48 heavy (non-hydrogen) atoms. The van der Waals surface area contributed by atoms with Gasteiger partial charge in [0.15, 0.2) is 17.0 Å². The first-order valence-electron chi connectivity index (χ1n) is 14.9. The van der Waals surface area contributed by atoms with E-state index in [9.17, 15) is 27.6 Å². The van der Waals surface area contributed by atoms with Gasteiger partial charge in [-0.05, 0) is 66.9 Å². The zero-order chi connectivity index (χ0) is 33.6. The number of fused-ring (bicyclic) bond motifs is 1. The third kappa shape index (κ3) is 5.72. The van der Waals surface area contributed by atoms with Gasteiger partial charge in [-0.15, -0.1) is 5.10 Å². The van der Waals surface area contributed by atoms with E-state index in [1.807, 2.05) is 23.2 Å². The molecular weight excluding hydrogens is 629 g/mol. The number of halogens is 3. The van der Waals surface area contributed by atoms with Crippen LogP contribution in [-0.4, -0.2) is 58.5 Å². The lowest BCUT2D eigenvalue weighted by Gasteiger charge is -2.18. The predicted octanol–water partition coefficient (Wildman–Crippen LogP) is 4.60. The normalized spacial score (nSPS) is 13.7. The summed E-state index contributed by atoms with van der Waals surface area (Å²) < 4.78 is 43.1. The quantitative estimate of drug-likeness (QED) is 0.201. The molecule has 1 fully saturated rings. The molecule has 6 aromatic rings. The molecule has 3 aromatic heterocycles. The molecule has 4 heterocycles. The molecule has 16 heteroatoms. The van der Waals surface area contributed by atoms with Crippen LogP contribution in [0.15, 0.2) is 82.4 Å². The Hall–Kier alpha value is -6.03. The van der Waals surface area contributed by atoms with Gasteiger partial charge in [-0.1, -0.05) is 48.5 Å². The highest BCUT2D eigenvalue weighted by Gasteiger charge is 2.39. The summed E-state index contributed by atoms with van der Waals surface area (Å²) in [4.78, 5) is 48.5. The van der Waals surface area contributed by atoms with Gasteiger partial charge in [-0.2, -0.15) is 27.8 Å². The second-order valence-corrected chi connectivity index (χ2v) is 11.3. The van der Waals surface area contributed by atoms with Crippen molar-refractivity contribution in [2.45, 2.75) is 25.6 Å². The molecule has 1 saturated heterocycles. The van der Waals surface area contributed by atoms with Crippen molar-refractivity contribution >= 4 is 28.7 Å². The summed E-state index contributed by atoms with van der Waals surface area (Å²) >= 11 is 0. The Labute approximate surface area is 268 Å². The lowest BCUT2D eigenvalue weighted by molar-refractivity contribution is -0.140. The molecule has 13 nitrogen and oxygen atoms in total. The molecular formula is C32H27F3N10O3. The van der Waals surface area contributed by atoms with Crippen LogP contribution < -0.4 is 22.3 Å². The Morgan fingerprint density at radius 2 is 1.71 bits per heavy atom. The summed E-state index contributed by atoms with van der Waals surface area (Å²) in [6.07, 6.45) is -2.69. The van der Waals surface area contributed by atoms with Crippen LogP contribution in [0.2, 0.25) is 0 Å². The van der Waals surface area contributed by atoms with Gasteiger partial charge in [0, 0.05) is 17.8 Å². The smallest absolute Gasteiger partial charge is 0.366 e. The number of nitrogens with zero attached hydrogens (tertiary/aromatic N) is 6. The fourth-order valence-electron chi connectivity index (χ4n) is 5.89. The topological polar surface area (TPSA) is 173 Å². The summed E-state index contributed by atoms with van der Waals surface area (Å²) in [5.41, 5.74) is 3.60. The van der Waals surface area contributed by atoms with Gasteiger partial charge in [0.05, 0.1) is 5.69 Å². The number of anilines is 2. The predicted molar refractivity (Wildman–Crippen MR) is 172 cm³/mol. The van der Waals surface area contributed by atoms with Crippen molar-refractivity contribution in [1.82, 2.24) is 39.4 Å². The maximum Gasteiger partial charge on any atom is 0.437 e. The number of H-pyrrole nitrogens is 2. The van der Waals surface area contributed by atoms with Crippen LogP contribution in [-0.2, 0) is 12.7 Å². The van der Waals surface area contributed by atoms with Crippen LogP contribution in [0.25, 0.3) is 39.2 Å². The molecule has 0 atom stereocenters. The van der Waals surface area contributed by atoms with Gasteiger partial charge in [0.2, 0.25) is 5.95 Å². The van der Waals surface area contributed by atoms with Crippen LogP contribution in [0.3, 0.4) is 0 Å². The Kier molecular flexibility index (Phi) is 7.63. The summed E-state index contributed by atoms with van der Waals surface area (Å²) in [7, 11) is 0. The lowest BCUT2D eigenvalue weighted by Crippen LogP contribution is -2.42. The minimum absolute atomic E-state index is 0.0136. The largest absolute Gasteiger partial charge is 0.437 e. The zero-order valence-corrected chi connectivity index (χ0v) is 25.1. The maximum absolute atomic E-state index is 14.1. The number of nitrogen functional groups attached to an aromatic ring is 1. The van der Waals surface area contributed by atoms with Crippen molar-refractivity contribution in [3.8, 4) is 28.2 Å². The monoisotopic (exact) mass is 656 g/mol. The first kappa shape index (κ1) is 30.6. The standard InChI is InChI=1S/C32H27F3N10O3/c33-32(34,35)26-24-25(45(42-26)22-8-5-7-19(16-22)27-39-29(36)41-40-27)28(46)44(31(48)38-24)30(47)37-21-12-10-18(11-13-21)23-9-2-1-6-20(23)17-43-14-3-4-15-43/h1-2,5-13,16H,3-4,14-15,17H2,(H,37,47)(H,38,48)(H3,36,39,40,41). The van der Waals surface area contributed by atoms with Gasteiger partial charge >= 0.3 is 17.9 Å². The van der Waals surface area contributed by atoms with Crippen molar-refractivity contribution in [3.05, 3.63) is 105 Å². The maximum atomic E-state index is 14.1. The molecule has 0 saturated carbocycles. The number of rotatable bonds is 6. The molecule has 3 aromatic carbocycles. The second-order valence-electron chi connectivity index (χ2n) is 11.3. The van der Waals surface area contributed by atoms with Crippen molar-refractivity contribution in [2.75, 3.05) is 24.1 Å². The fraction of sp³-hybridized carbons (Fsp3) is 0.188. The van der Waals surface area contributed by atoms with Gasteiger partial charge < -0.3 is 16.0 Å². The first-order chi connectivity index (χ1) is 23.1. The third-order valence-electron chi connectivity index (χ3n) is 8.12. The molecule has 244 valence electrons. The van der Waals surface area contributed by atoms with E-state index in [1.165, 1.54) is 31.0 Å². The minimum atomic E-state index is -5.04. The average Bonchev–Trinajstić information content (AvgIpc) is 3.82. The van der Waals surface area contributed by atoms with Crippen molar-refractivity contribution in [3.63, 3.8) is 0 Å². The van der Waals surface area contributed by atoms with E-state index in [4.69, 9.17) is 5.73 Å². The number of nitrogens with one attached hydrogen (secondary N) is 3. The first-order valence-corrected chi connectivity index (χ1v) is 14.9. The van der Waals surface area contributed by atoms with Crippen LogP contribution in [0.4, 0.5) is 29.6 Å². The highest BCUT2D eigenvalue weighted by molar-refractivity contribution is 5.93. The van der Waals surface area contributed by atoms with E-state index in [2.05, 4.69) is 36.6 Å². The SMILES string of the molecule is Nc1n[nH]c(-c2cccc(-n3nc(C(F)(F)F)c4[nH]c(=O)n(C(=O)Nc5ccc(-c6ccccc6CN6CCCC6)cc5)c(=O)c43)c2)n1. The minimum Gasteiger partial charge on any atom is -0.366 e. The molecule has 0 bridgehead atoms. The molecule has 0 spiro atoms. The fourth-order valence-corrected chi connectivity index (χ4v) is 5.89. The average molecular weight is 657 g/mol. The van der Waals surface area contributed by atoms with E-state index >= 15 is 0 Å². The molecule has 0 radical (unpaired) electrons. The Morgan fingerprint density at radius 1 is 0.958 bits per heavy atom. The molecule has 7 rings (SSSR count). The van der Waals surface area contributed by atoms with E-state index in [0.717, 1.165) is 41.0 Å². The summed E-state index contributed by atoms with van der Waals surface area (Å²) in [5.74, 6) is 0.163. The van der Waals surface area contributed by atoms with Crippen molar-refractivity contribution in [1.29, 1.82) is 0 Å². The van der Waals surface area contributed by atoms with Crippen LogP contribution in [0, 0.1) is 0 Å². The van der Waals surface area contributed by atoms with Gasteiger partial charge in [0.25, 0.3) is 5.56 Å². The Bertz CT molecular complexity index is 2280. The van der Waals surface area contributed by atoms with Gasteiger partial charge in [0.1, 0.15) is 5.52 Å². The molecule has 1 amide bonds. The number of aromatic nitrogens is 7. The summed E-state index contributed by atoms with van der Waals surface area (Å²) in [6, 6.07) is 19.6. The molecule has 0 unspecified atom stereocenters.